The molecule has 1 aromatic rings. The molecule has 0 aromatic heterocycles. The summed E-state index contributed by atoms with van der Waals surface area (Å²) in [4.78, 5) is 13.6. The number of ether oxygens (including phenoxy) is 1. The minimum Gasteiger partial charge on any atom is -0.491 e. The van der Waals surface area contributed by atoms with Crippen LogP contribution in [0.5, 0.6) is 5.75 Å². The van der Waals surface area contributed by atoms with E-state index < -0.39 is 0 Å². The summed E-state index contributed by atoms with van der Waals surface area (Å²) in [7, 11) is 3.93. The second-order valence-corrected chi connectivity index (χ2v) is 5.07. The highest BCUT2D eigenvalue weighted by atomic mass is 16.5. The van der Waals surface area contributed by atoms with Crippen LogP contribution in [-0.2, 0) is 4.79 Å². The van der Waals surface area contributed by atoms with E-state index in [0.29, 0.717) is 24.6 Å². The maximum Gasteiger partial charge on any atom is 0.244 e. The van der Waals surface area contributed by atoms with Crippen molar-refractivity contribution >= 4 is 17.7 Å². The number of rotatable bonds is 8. The first kappa shape index (κ1) is 17.0. The third-order valence-electron chi connectivity index (χ3n) is 2.78. The molecule has 0 aliphatic heterocycles. The van der Waals surface area contributed by atoms with E-state index in [4.69, 9.17) is 10.5 Å². The molecule has 1 amide bonds. The van der Waals surface area contributed by atoms with E-state index in [1.807, 2.05) is 38.1 Å². The molecule has 5 nitrogen and oxygen atoms in total. The highest BCUT2D eigenvalue weighted by molar-refractivity contribution is 5.91. The van der Waals surface area contributed by atoms with Crippen LogP contribution >= 0.6 is 0 Å². The van der Waals surface area contributed by atoms with Crippen molar-refractivity contribution in [3.05, 3.63) is 29.8 Å². The molecule has 0 radical (unpaired) electrons. The molecule has 21 heavy (non-hydrogen) atoms. The molecule has 1 rings (SSSR count). The van der Waals surface area contributed by atoms with Gasteiger partial charge in [-0.05, 0) is 44.3 Å². The van der Waals surface area contributed by atoms with Crippen molar-refractivity contribution in [3.63, 3.8) is 0 Å². The van der Waals surface area contributed by atoms with Gasteiger partial charge in [-0.1, -0.05) is 13.0 Å². The van der Waals surface area contributed by atoms with Gasteiger partial charge in [-0.25, -0.2) is 0 Å². The summed E-state index contributed by atoms with van der Waals surface area (Å²) < 4.78 is 5.51. The van der Waals surface area contributed by atoms with Crippen LogP contribution in [-0.4, -0.2) is 44.6 Å². The number of anilines is 1. The van der Waals surface area contributed by atoms with Gasteiger partial charge >= 0.3 is 0 Å². The van der Waals surface area contributed by atoms with Crippen LogP contribution in [0.15, 0.2) is 24.3 Å². The molecular formula is C16H25N3O2. The van der Waals surface area contributed by atoms with E-state index >= 15 is 0 Å². The lowest BCUT2D eigenvalue weighted by atomic mass is 10.1. The number of amides is 1. The Balaban J connectivity index is 2.52. The molecule has 0 atom stereocenters. The number of nitrogens with one attached hydrogen (secondary N) is 1. The van der Waals surface area contributed by atoms with Gasteiger partial charge in [0, 0.05) is 19.2 Å². The number of nitrogens with zero attached hydrogens (tertiary/aromatic N) is 1. The van der Waals surface area contributed by atoms with E-state index in [-0.39, 0.29) is 5.91 Å². The van der Waals surface area contributed by atoms with Crippen LogP contribution in [0.3, 0.4) is 0 Å². The molecule has 116 valence electrons. The Morgan fingerprint density at radius 3 is 2.81 bits per heavy atom. The summed E-state index contributed by atoms with van der Waals surface area (Å²) in [6.45, 7) is 4.13. The van der Waals surface area contributed by atoms with Gasteiger partial charge in [0.2, 0.25) is 5.91 Å². The molecule has 0 heterocycles. The van der Waals surface area contributed by atoms with Gasteiger partial charge in [0.05, 0.1) is 12.3 Å². The van der Waals surface area contributed by atoms with Gasteiger partial charge in [0.15, 0.2) is 0 Å². The Morgan fingerprint density at radius 1 is 1.43 bits per heavy atom. The fourth-order valence-electron chi connectivity index (χ4n) is 1.65. The number of hydrogen-bond donors (Lipinski definition) is 2. The summed E-state index contributed by atoms with van der Waals surface area (Å²) in [6, 6.07) is 5.51. The highest BCUT2D eigenvalue weighted by Gasteiger charge is 2.01. The maximum absolute atomic E-state index is 11.6. The van der Waals surface area contributed by atoms with Crippen molar-refractivity contribution in [1.29, 1.82) is 0 Å². The van der Waals surface area contributed by atoms with E-state index in [1.54, 1.807) is 12.1 Å². The number of benzene rings is 1. The van der Waals surface area contributed by atoms with Crippen molar-refractivity contribution < 1.29 is 9.53 Å². The van der Waals surface area contributed by atoms with Crippen molar-refractivity contribution in [2.45, 2.75) is 13.3 Å². The number of carbonyl (C=O) groups is 1. The fraction of sp³-hybridized carbons (Fsp3) is 0.438. The predicted molar refractivity (Wildman–Crippen MR) is 87.2 cm³/mol. The standard InChI is InChI=1S/C16H25N3O2/c1-4-11-21-15-7-5-13(12-14(15)17)6-8-16(20)18-9-10-19(2)3/h5-8,12H,4,9-11,17H2,1-3H3,(H,18,20)/b8-6-. The Labute approximate surface area is 126 Å². The van der Waals surface area contributed by atoms with Crippen LogP contribution in [0.25, 0.3) is 6.08 Å². The van der Waals surface area contributed by atoms with Crippen LogP contribution in [0.2, 0.25) is 0 Å². The highest BCUT2D eigenvalue weighted by Crippen LogP contribution is 2.23. The monoisotopic (exact) mass is 291 g/mol. The van der Waals surface area contributed by atoms with Crippen molar-refractivity contribution in [2.24, 2.45) is 0 Å². The SMILES string of the molecule is CCCOc1ccc(/C=C\C(=O)NCCN(C)C)cc1N. The molecule has 0 fully saturated rings. The Morgan fingerprint density at radius 2 is 2.19 bits per heavy atom. The zero-order valence-corrected chi connectivity index (χ0v) is 13.1. The smallest absolute Gasteiger partial charge is 0.244 e. The topological polar surface area (TPSA) is 67.6 Å². The van der Waals surface area contributed by atoms with Gasteiger partial charge in [-0.3, -0.25) is 4.79 Å². The third-order valence-corrected chi connectivity index (χ3v) is 2.78. The van der Waals surface area contributed by atoms with Gasteiger partial charge in [-0.2, -0.15) is 0 Å². The van der Waals surface area contributed by atoms with E-state index in [1.165, 1.54) is 6.08 Å². The zero-order chi connectivity index (χ0) is 15.7. The first-order valence-electron chi connectivity index (χ1n) is 7.16. The Hall–Kier alpha value is -2.01. The molecule has 0 saturated heterocycles. The number of likely N-dealkylation sites (N-methyl/N-ethyl adjacent to an activating group) is 1. The number of nitrogens with two attached hydrogens (primary N) is 1. The minimum absolute atomic E-state index is 0.110. The molecule has 0 aliphatic carbocycles. The zero-order valence-electron chi connectivity index (χ0n) is 13.1. The summed E-state index contributed by atoms with van der Waals surface area (Å²) in [5.41, 5.74) is 7.37. The van der Waals surface area contributed by atoms with E-state index in [9.17, 15) is 4.79 Å². The minimum atomic E-state index is -0.110. The molecule has 0 bridgehead atoms. The van der Waals surface area contributed by atoms with Gasteiger partial charge < -0.3 is 20.7 Å². The average Bonchev–Trinajstić information content (AvgIpc) is 2.43. The number of nitrogen functional groups attached to an aromatic ring is 1. The second-order valence-electron chi connectivity index (χ2n) is 5.07. The molecule has 0 spiro atoms. The Bertz CT molecular complexity index is 484. The summed E-state index contributed by atoms with van der Waals surface area (Å²) >= 11 is 0. The lowest BCUT2D eigenvalue weighted by molar-refractivity contribution is -0.116. The normalized spacial score (nSPS) is 11.0. The summed E-state index contributed by atoms with van der Waals surface area (Å²) in [5, 5.41) is 2.81. The quantitative estimate of drug-likeness (QED) is 0.565. The number of carbonyl (C=O) groups excluding carboxylic acids is 1. The van der Waals surface area contributed by atoms with Crippen LogP contribution in [0.4, 0.5) is 5.69 Å². The summed E-state index contributed by atoms with van der Waals surface area (Å²) in [5.74, 6) is 0.575. The first-order chi connectivity index (χ1) is 10.0. The van der Waals surface area contributed by atoms with Crippen molar-refractivity contribution in [3.8, 4) is 5.75 Å². The molecule has 0 saturated carbocycles. The number of hydrogen-bond acceptors (Lipinski definition) is 4. The van der Waals surface area contributed by atoms with Crippen molar-refractivity contribution in [1.82, 2.24) is 10.2 Å². The molecular weight excluding hydrogens is 266 g/mol. The molecule has 3 N–H and O–H groups in total. The maximum atomic E-state index is 11.6. The largest absolute Gasteiger partial charge is 0.491 e. The fourth-order valence-corrected chi connectivity index (χ4v) is 1.65. The molecule has 0 unspecified atom stereocenters. The van der Waals surface area contributed by atoms with Crippen LogP contribution in [0.1, 0.15) is 18.9 Å². The van der Waals surface area contributed by atoms with Crippen molar-refractivity contribution in [2.75, 3.05) is 39.5 Å². The van der Waals surface area contributed by atoms with E-state index in [0.717, 1.165) is 18.5 Å². The van der Waals surface area contributed by atoms with Crippen LogP contribution in [0, 0.1) is 0 Å². The summed E-state index contributed by atoms with van der Waals surface area (Å²) in [6.07, 6.45) is 4.19. The Kier molecular flexibility index (Phi) is 7.32. The van der Waals surface area contributed by atoms with Gasteiger partial charge in [0.1, 0.15) is 5.75 Å². The molecule has 1 aromatic carbocycles. The molecule has 5 heteroatoms. The first-order valence-corrected chi connectivity index (χ1v) is 7.16. The third kappa shape index (κ3) is 6.81. The van der Waals surface area contributed by atoms with Gasteiger partial charge in [0.25, 0.3) is 0 Å². The lowest BCUT2D eigenvalue weighted by Gasteiger charge is -2.09. The molecule has 0 aliphatic rings. The lowest BCUT2D eigenvalue weighted by Crippen LogP contribution is -2.30. The van der Waals surface area contributed by atoms with E-state index in [2.05, 4.69) is 5.32 Å². The van der Waals surface area contributed by atoms with Gasteiger partial charge in [-0.15, -0.1) is 0 Å². The average molecular weight is 291 g/mol. The van der Waals surface area contributed by atoms with Crippen LogP contribution < -0.4 is 15.8 Å². The predicted octanol–water partition coefficient (Wildman–Crippen LogP) is 1.75. The second kappa shape index (κ2) is 9.02.